The molecule has 3 heterocycles. The van der Waals surface area contributed by atoms with Crippen LogP contribution in [-0.4, -0.2) is 75.2 Å². The van der Waals surface area contributed by atoms with Crippen molar-refractivity contribution in [2.75, 3.05) is 44.4 Å². The average molecular weight is 556 g/mol. The number of rotatable bonds is 8. The Morgan fingerprint density at radius 3 is 2.84 bits per heavy atom. The third-order valence-corrected chi connectivity index (χ3v) is 7.12. The van der Waals surface area contributed by atoms with Gasteiger partial charge >= 0.3 is 0 Å². The van der Waals surface area contributed by atoms with E-state index in [9.17, 15) is 14.4 Å². The number of amides is 3. The van der Waals surface area contributed by atoms with Crippen molar-refractivity contribution in [3.63, 3.8) is 0 Å². The van der Waals surface area contributed by atoms with Gasteiger partial charge in [0.1, 0.15) is 10.7 Å². The predicted octanol–water partition coefficient (Wildman–Crippen LogP) is 4.19. The van der Waals surface area contributed by atoms with Crippen LogP contribution in [0.3, 0.4) is 0 Å². The van der Waals surface area contributed by atoms with Crippen molar-refractivity contribution < 1.29 is 14.4 Å². The molecule has 38 heavy (non-hydrogen) atoms. The van der Waals surface area contributed by atoms with Crippen LogP contribution in [0.2, 0.25) is 5.02 Å². The zero-order valence-electron chi connectivity index (χ0n) is 21.3. The van der Waals surface area contributed by atoms with Gasteiger partial charge in [-0.2, -0.15) is 4.37 Å². The van der Waals surface area contributed by atoms with Gasteiger partial charge in [-0.05, 0) is 63.1 Å². The van der Waals surface area contributed by atoms with Gasteiger partial charge in [-0.1, -0.05) is 30.3 Å². The number of hydrogen-bond donors (Lipinski definition) is 2. The Morgan fingerprint density at radius 1 is 1.26 bits per heavy atom. The molecule has 1 aliphatic heterocycles. The molecule has 10 nitrogen and oxygen atoms in total. The van der Waals surface area contributed by atoms with E-state index in [0.29, 0.717) is 46.6 Å². The second-order valence-electron chi connectivity index (χ2n) is 9.24. The number of hydrogen-bond acceptors (Lipinski definition) is 7. The zero-order chi connectivity index (χ0) is 27.2. The summed E-state index contributed by atoms with van der Waals surface area (Å²) in [6.07, 6.45) is 7.20. The highest BCUT2D eigenvalue weighted by Crippen LogP contribution is 2.34. The summed E-state index contributed by atoms with van der Waals surface area (Å²) >= 11 is 7.62. The first-order chi connectivity index (χ1) is 18.3. The van der Waals surface area contributed by atoms with E-state index in [4.69, 9.17) is 11.6 Å². The third-order valence-electron chi connectivity index (χ3n) is 6.12. The standard InChI is InChI=1S/C26H30ClN7O3S/c1-4-21(35)29-22-15-20(31-38-22)25(37)30-26-28-19-11-7-10-18(27)24(19)34(26)17-9-5-6-14-33(16-17)23(36)12-8-13-32(2)3/h4,7-8,10-12,15,17H,1,5-6,9,13-14,16H2,2-3H3,(H,29,35)(H,28,30,37)/b12-8+/t17-/m1/s1. The highest BCUT2D eigenvalue weighted by molar-refractivity contribution is 7.10. The summed E-state index contributed by atoms with van der Waals surface area (Å²) in [5.74, 6) is -0.580. The lowest BCUT2D eigenvalue weighted by Crippen LogP contribution is -2.34. The average Bonchev–Trinajstić information content (AvgIpc) is 3.41. The van der Waals surface area contributed by atoms with E-state index < -0.39 is 5.91 Å². The first-order valence-corrected chi connectivity index (χ1v) is 13.4. The van der Waals surface area contributed by atoms with Gasteiger partial charge in [0.05, 0.1) is 22.1 Å². The molecule has 0 radical (unpaired) electrons. The number of carbonyl (C=O) groups is 3. The molecule has 0 saturated carbocycles. The fourth-order valence-electron chi connectivity index (χ4n) is 4.33. The summed E-state index contributed by atoms with van der Waals surface area (Å²) in [4.78, 5) is 46.2. The second kappa shape index (κ2) is 12.3. The van der Waals surface area contributed by atoms with E-state index in [0.717, 1.165) is 36.9 Å². The van der Waals surface area contributed by atoms with Crippen LogP contribution in [0.15, 0.2) is 49.1 Å². The molecule has 2 N–H and O–H groups in total. The Bertz CT molecular complexity index is 1380. The van der Waals surface area contributed by atoms with Crippen molar-refractivity contribution in [1.29, 1.82) is 0 Å². The van der Waals surface area contributed by atoms with Crippen molar-refractivity contribution >= 4 is 62.8 Å². The maximum atomic E-state index is 13.1. The summed E-state index contributed by atoms with van der Waals surface area (Å²) in [5.41, 5.74) is 1.48. The molecule has 1 aliphatic rings. The number of likely N-dealkylation sites (N-methyl/N-ethyl adjacent to an activating group) is 1. The molecule has 3 aromatic rings. The van der Waals surface area contributed by atoms with Crippen molar-refractivity contribution in [3.05, 3.63) is 59.8 Å². The highest BCUT2D eigenvalue weighted by Gasteiger charge is 2.28. The largest absolute Gasteiger partial charge is 0.337 e. The SMILES string of the molecule is C=CC(=O)Nc1cc(C(=O)Nc2nc3cccc(Cl)c3n2[C@@H]2CCCCN(C(=O)/C=C/CN(C)C)C2)ns1. The Kier molecular flexibility index (Phi) is 8.93. The van der Waals surface area contributed by atoms with E-state index in [1.54, 1.807) is 18.2 Å². The van der Waals surface area contributed by atoms with Crippen LogP contribution >= 0.6 is 23.1 Å². The molecule has 12 heteroatoms. The molecule has 1 saturated heterocycles. The van der Waals surface area contributed by atoms with Crippen molar-refractivity contribution in [3.8, 4) is 0 Å². The highest BCUT2D eigenvalue weighted by atomic mass is 35.5. The Balaban J connectivity index is 1.63. The maximum absolute atomic E-state index is 13.1. The first kappa shape index (κ1) is 27.5. The number of anilines is 2. The number of aromatic nitrogens is 3. The zero-order valence-corrected chi connectivity index (χ0v) is 22.9. The topological polar surface area (TPSA) is 112 Å². The number of fused-ring (bicyclic) bond motifs is 1. The van der Waals surface area contributed by atoms with E-state index in [-0.39, 0.29) is 23.6 Å². The maximum Gasteiger partial charge on any atom is 0.277 e. The minimum absolute atomic E-state index is 0.0450. The lowest BCUT2D eigenvalue weighted by molar-refractivity contribution is -0.126. The normalized spacial score (nSPS) is 16.1. The van der Waals surface area contributed by atoms with Gasteiger partial charge in [-0.15, -0.1) is 0 Å². The second-order valence-corrected chi connectivity index (χ2v) is 10.4. The van der Waals surface area contributed by atoms with Gasteiger partial charge in [-0.25, -0.2) is 4.98 Å². The summed E-state index contributed by atoms with van der Waals surface area (Å²) in [5, 5.41) is 6.41. The molecular formula is C26H30ClN7O3S. The van der Waals surface area contributed by atoms with Gasteiger partial charge in [0, 0.05) is 31.8 Å². The summed E-state index contributed by atoms with van der Waals surface area (Å²) in [6, 6.07) is 6.77. The summed E-state index contributed by atoms with van der Waals surface area (Å²) in [6.45, 7) is 5.21. The molecule has 200 valence electrons. The van der Waals surface area contributed by atoms with Gasteiger partial charge in [0.25, 0.3) is 5.91 Å². The molecular weight excluding hydrogens is 526 g/mol. The van der Waals surface area contributed by atoms with Crippen molar-refractivity contribution in [2.24, 2.45) is 0 Å². The van der Waals surface area contributed by atoms with E-state index in [2.05, 4.69) is 26.6 Å². The number of nitrogens with zero attached hydrogens (tertiary/aromatic N) is 5. The molecule has 1 aromatic carbocycles. The number of halogens is 1. The van der Waals surface area contributed by atoms with Crippen LogP contribution in [0.25, 0.3) is 11.0 Å². The lowest BCUT2D eigenvalue weighted by atomic mass is 10.1. The van der Waals surface area contributed by atoms with E-state index in [1.807, 2.05) is 40.6 Å². The number of benzene rings is 1. The van der Waals surface area contributed by atoms with Gasteiger partial charge < -0.3 is 19.7 Å². The number of nitrogens with one attached hydrogen (secondary N) is 2. The van der Waals surface area contributed by atoms with Crippen LogP contribution < -0.4 is 10.6 Å². The third kappa shape index (κ3) is 6.47. The smallest absolute Gasteiger partial charge is 0.277 e. The Labute approximate surface area is 230 Å². The van der Waals surface area contributed by atoms with Gasteiger partial charge in [0.2, 0.25) is 17.8 Å². The minimum atomic E-state index is -0.471. The predicted molar refractivity (Wildman–Crippen MR) is 151 cm³/mol. The van der Waals surface area contributed by atoms with Crippen LogP contribution in [0.1, 0.15) is 35.8 Å². The van der Waals surface area contributed by atoms with E-state index in [1.165, 1.54) is 6.07 Å². The molecule has 3 amide bonds. The summed E-state index contributed by atoms with van der Waals surface area (Å²) < 4.78 is 6.09. The number of likely N-dealkylation sites (tertiary alicyclic amines) is 1. The monoisotopic (exact) mass is 555 g/mol. The van der Waals surface area contributed by atoms with Crippen molar-refractivity contribution in [2.45, 2.75) is 25.3 Å². The molecule has 0 bridgehead atoms. The van der Waals surface area contributed by atoms with Crippen LogP contribution in [0, 0.1) is 0 Å². The molecule has 1 atom stereocenters. The Hall–Kier alpha value is -3.54. The molecule has 0 unspecified atom stereocenters. The molecule has 2 aromatic heterocycles. The first-order valence-electron chi connectivity index (χ1n) is 12.2. The van der Waals surface area contributed by atoms with Gasteiger partial charge in [-0.3, -0.25) is 19.7 Å². The molecule has 4 rings (SSSR count). The number of carbonyl (C=O) groups excluding carboxylic acids is 3. The van der Waals surface area contributed by atoms with Crippen molar-refractivity contribution in [1.82, 2.24) is 23.7 Å². The molecule has 0 aliphatic carbocycles. The molecule has 1 fully saturated rings. The lowest BCUT2D eigenvalue weighted by Gasteiger charge is -2.26. The fraction of sp³-hybridized carbons (Fsp3) is 0.346. The number of imidazole rings is 1. The Morgan fingerprint density at radius 2 is 2.08 bits per heavy atom. The number of para-hydroxylation sites is 1. The van der Waals surface area contributed by atoms with Crippen LogP contribution in [0.5, 0.6) is 0 Å². The summed E-state index contributed by atoms with van der Waals surface area (Å²) in [7, 11) is 3.90. The van der Waals surface area contributed by atoms with E-state index >= 15 is 0 Å². The van der Waals surface area contributed by atoms with Gasteiger partial charge in [0.15, 0.2) is 0 Å². The quantitative estimate of drug-likeness (QED) is 0.403. The van der Waals surface area contributed by atoms with Crippen LogP contribution in [0.4, 0.5) is 10.9 Å². The molecule has 0 spiro atoms. The minimum Gasteiger partial charge on any atom is -0.337 e. The fourth-order valence-corrected chi connectivity index (χ4v) is 5.23. The van der Waals surface area contributed by atoms with Crippen LogP contribution in [-0.2, 0) is 9.59 Å².